The second-order valence-corrected chi connectivity index (χ2v) is 5.08. The number of H-pyrrole nitrogens is 1. The van der Waals surface area contributed by atoms with Gasteiger partial charge in [0, 0.05) is 12.6 Å². The highest BCUT2D eigenvalue weighted by Crippen LogP contribution is 2.35. The van der Waals surface area contributed by atoms with Gasteiger partial charge >= 0.3 is 5.69 Å². The van der Waals surface area contributed by atoms with E-state index in [1.54, 1.807) is 10.8 Å². The fraction of sp³-hybridized carbons (Fsp3) is 0.455. The molecule has 2 rings (SSSR count). The van der Waals surface area contributed by atoms with Crippen LogP contribution in [0.25, 0.3) is 0 Å². The van der Waals surface area contributed by atoms with Crippen molar-refractivity contribution in [1.82, 2.24) is 14.8 Å². The number of nitrogens with one attached hydrogen (secondary N) is 1. The summed E-state index contributed by atoms with van der Waals surface area (Å²) in [6.07, 6.45) is 1.61. The van der Waals surface area contributed by atoms with E-state index in [0.717, 1.165) is 5.76 Å². The molecule has 18 heavy (non-hydrogen) atoms. The monoisotopic (exact) mass is 268 g/mol. The first-order valence-corrected chi connectivity index (χ1v) is 6.62. The molecule has 0 aliphatic rings. The summed E-state index contributed by atoms with van der Waals surface area (Å²) >= 11 is 1.43. The van der Waals surface area contributed by atoms with Crippen molar-refractivity contribution in [3.8, 4) is 0 Å². The summed E-state index contributed by atoms with van der Waals surface area (Å²) in [5, 5.41) is 7.01. The van der Waals surface area contributed by atoms with Crippen LogP contribution < -0.4 is 11.4 Å². The predicted octanol–water partition coefficient (Wildman–Crippen LogP) is 1.36. The first kappa shape index (κ1) is 13.0. The first-order chi connectivity index (χ1) is 8.63. The van der Waals surface area contributed by atoms with Gasteiger partial charge in [-0.1, -0.05) is 11.8 Å². The van der Waals surface area contributed by atoms with Gasteiger partial charge in [-0.25, -0.2) is 9.89 Å². The Bertz CT molecular complexity index is 544. The lowest BCUT2D eigenvalue weighted by atomic mass is 10.2. The van der Waals surface area contributed by atoms with E-state index in [1.165, 1.54) is 11.8 Å². The Morgan fingerprint density at radius 2 is 2.44 bits per heavy atom. The average Bonchev–Trinajstić information content (AvgIpc) is 2.95. The van der Waals surface area contributed by atoms with Crippen LogP contribution in [-0.4, -0.2) is 20.8 Å². The van der Waals surface area contributed by atoms with Gasteiger partial charge in [0.15, 0.2) is 5.16 Å². The lowest BCUT2D eigenvalue weighted by Gasteiger charge is -2.17. The molecule has 0 saturated carbocycles. The minimum atomic E-state index is -0.206. The molecule has 2 aromatic heterocycles. The van der Waals surface area contributed by atoms with Gasteiger partial charge in [-0.2, -0.15) is 0 Å². The second-order valence-electron chi connectivity index (χ2n) is 3.97. The fourth-order valence-corrected chi connectivity index (χ4v) is 2.79. The summed E-state index contributed by atoms with van der Waals surface area (Å²) in [5.41, 5.74) is 5.76. The number of nitrogens with zero attached hydrogens (tertiary/aromatic N) is 2. The van der Waals surface area contributed by atoms with Crippen molar-refractivity contribution < 1.29 is 4.42 Å². The van der Waals surface area contributed by atoms with Crippen molar-refractivity contribution in [3.63, 3.8) is 0 Å². The maximum absolute atomic E-state index is 11.5. The molecule has 2 unspecified atom stereocenters. The maximum atomic E-state index is 11.5. The van der Waals surface area contributed by atoms with Crippen LogP contribution in [-0.2, 0) is 6.54 Å². The average molecular weight is 268 g/mol. The highest BCUT2D eigenvalue weighted by atomic mass is 32.2. The molecule has 2 heterocycles. The zero-order valence-electron chi connectivity index (χ0n) is 10.3. The summed E-state index contributed by atoms with van der Waals surface area (Å²) in [5.74, 6) is 0.785. The van der Waals surface area contributed by atoms with Crippen LogP contribution in [0.3, 0.4) is 0 Å². The van der Waals surface area contributed by atoms with Gasteiger partial charge in [0.2, 0.25) is 0 Å². The van der Waals surface area contributed by atoms with Crippen LogP contribution in [0.1, 0.15) is 24.9 Å². The smallest absolute Gasteiger partial charge is 0.343 e. The number of hydrogen-bond donors (Lipinski definition) is 2. The van der Waals surface area contributed by atoms with E-state index in [2.05, 4.69) is 10.2 Å². The molecule has 0 aliphatic heterocycles. The lowest BCUT2D eigenvalue weighted by Crippen LogP contribution is -2.23. The van der Waals surface area contributed by atoms with Crippen LogP contribution in [0, 0.1) is 0 Å². The van der Waals surface area contributed by atoms with Crippen LogP contribution in [0.5, 0.6) is 0 Å². The highest BCUT2D eigenvalue weighted by Gasteiger charge is 2.23. The highest BCUT2D eigenvalue weighted by molar-refractivity contribution is 7.99. The summed E-state index contributed by atoms with van der Waals surface area (Å²) in [6, 6.07) is 3.59. The maximum Gasteiger partial charge on any atom is 0.343 e. The summed E-state index contributed by atoms with van der Waals surface area (Å²) in [6.45, 7) is 4.37. The van der Waals surface area contributed by atoms with Crippen LogP contribution in [0.2, 0.25) is 0 Å². The van der Waals surface area contributed by atoms with Crippen molar-refractivity contribution >= 4 is 11.8 Å². The van der Waals surface area contributed by atoms with E-state index in [0.29, 0.717) is 11.7 Å². The normalized spacial score (nSPS) is 14.6. The van der Waals surface area contributed by atoms with Gasteiger partial charge in [0.1, 0.15) is 5.76 Å². The molecule has 2 atom stereocenters. The summed E-state index contributed by atoms with van der Waals surface area (Å²) < 4.78 is 6.96. The largest absolute Gasteiger partial charge is 0.468 e. The Morgan fingerprint density at radius 3 is 3.00 bits per heavy atom. The van der Waals surface area contributed by atoms with Crippen molar-refractivity contribution in [1.29, 1.82) is 0 Å². The van der Waals surface area contributed by atoms with Crippen molar-refractivity contribution in [2.75, 3.05) is 0 Å². The third-order valence-corrected chi connectivity index (χ3v) is 4.01. The summed E-state index contributed by atoms with van der Waals surface area (Å²) in [4.78, 5) is 11.5. The molecule has 7 heteroatoms. The van der Waals surface area contributed by atoms with Gasteiger partial charge < -0.3 is 10.2 Å². The van der Waals surface area contributed by atoms with E-state index in [4.69, 9.17) is 10.2 Å². The minimum Gasteiger partial charge on any atom is -0.468 e. The molecule has 98 valence electrons. The number of thioether (sulfide) groups is 1. The molecule has 0 bridgehead atoms. The molecule has 0 amide bonds. The van der Waals surface area contributed by atoms with E-state index in [9.17, 15) is 4.79 Å². The quantitative estimate of drug-likeness (QED) is 0.799. The SMILES string of the molecule is CCn1c(SC(c2ccco2)C(C)N)n[nH]c1=O. The van der Waals surface area contributed by atoms with Gasteiger partial charge in [-0.15, -0.1) is 5.10 Å². The molecular formula is C11H16N4O2S. The standard InChI is InChI=1S/C11H16N4O2S/c1-3-15-10(16)13-14-11(15)18-9(7(2)12)8-5-4-6-17-8/h4-7,9H,3,12H2,1-2H3,(H,13,16). The van der Waals surface area contributed by atoms with Gasteiger partial charge in [-0.05, 0) is 26.0 Å². The molecule has 0 aliphatic carbocycles. The Labute approximate surface area is 109 Å². The van der Waals surface area contributed by atoms with Crippen molar-refractivity contribution in [2.24, 2.45) is 5.73 Å². The summed E-state index contributed by atoms with van der Waals surface area (Å²) in [7, 11) is 0. The molecule has 0 aromatic carbocycles. The van der Waals surface area contributed by atoms with E-state index < -0.39 is 0 Å². The molecule has 6 nitrogen and oxygen atoms in total. The van der Waals surface area contributed by atoms with Crippen molar-refractivity contribution in [3.05, 3.63) is 34.6 Å². The lowest BCUT2D eigenvalue weighted by molar-refractivity contribution is 0.485. The number of aromatic amines is 1. The zero-order chi connectivity index (χ0) is 13.1. The zero-order valence-corrected chi connectivity index (χ0v) is 11.1. The van der Waals surface area contributed by atoms with Gasteiger partial charge in [0.05, 0.1) is 11.5 Å². The molecule has 0 spiro atoms. The van der Waals surface area contributed by atoms with E-state index in [1.807, 2.05) is 26.0 Å². The topological polar surface area (TPSA) is 89.8 Å². The number of aromatic nitrogens is 3. The fourth-order valence-electron chi connectivity index (χ4n) is 1.66. The Balaban J connectivity index is 2.27. The second kappa shape index (κ2) is 5.45. The van der Waals surface area contributed by atoms with Crippen LogP contribution in [0.4, 0.5) is 0 Å². The predicted molar refractivity (Wildman–Crippen MR) is 69.5 cm³/mol. The number of hydrogen-bond acceptors (Lipinski definition) is 5. The molecular weight excluding hydrogens is 252 g/mol. The van der Waals surface area contributed by atoms with Crippen molar-refractivity contribution in [2.45, 2.75) is 36.8 Å². The van der Waals surface area contributed by atoms with Gasteiger partial charge in [-0.3, -0.25) is 4.57 Å². The third-order valence-electron chi connectivity index (χ3n) is 2.57. The first-order valence-electron chi connectivity index (χ1n) is 5.74. The molecule has 3 N–H and O–H groups in total. The Kier molecular flexibility index (Phi) is 3.93. The number of furan rings is 1. The van der Waals surface area contributed by atoms with Crippen LogP contribution in [0.15, 0.2) is 32.8 Å². The minimum absolute atomic E-state index is 0.0690. The van der Waals surface area contributed by atoms with E-state index >= 15 is 0 Å². The molecule has 2 aromatic rings. The Hall–Kier alpha value is -1.47. The molecule has 0 fully saturated rings. The van der Waals surface area contributed by atoms with E-state index in [-0.39, 0.29) is 17.0 Å². The number of rotatable bonds is 5. The third kappa shape index (κ3) is 2.51. The molecule has 0 saturated heterocycles. The van der Waals surface area contributed by atoms with Gasteiger partial charge in [0.25, 0.3) is 0 Å². The Morgan fingerprint density at radius 1 is 1.67 bits per heavy atom. The number of nitrogens with two attached hydrogens (primary N) is 1. The van der Waals surface area contributed by atoms with Crippen LogP contribution >= 0.6 is 11.8 Å². The molecule has 0 radical (unpaired) electrons.